The minimum atomic E-state index is -1.41. The summed E-state index contributed by atoms with van der Waals surface area (Å²) in [6.07, 6.45) is 4.93. The van der Waals surface area contributed by atoms with E-state index in [2.05, 4.69) is 9.88 Å². The van der Waals surface area contributed by atoms with Crippen molar-refractivity contribution in [3.63, 3.8) is 0 Å². The van der Waals surface area contributed by atoms with Crippen molar-refractivity contribution in [1.29, 1.82) is 0 Å². The van der Waals surface area contributed by atoms with E-state index in [4.69, 9.17) is 9.47 Å². The minimum absolute atomic E-state index is 0.0757. The molecule has 0 aliphatic carbocycles. The van der Waals surface area contributed by atoms with Gasteiger partial charge in [-0.25, -0.2) is 9.37 Å². The third-order valence-corrected chi connectivity index (χ3v) is 5.62. The molecule has 2 aromatic carbocycles. The van der Waals surface area contributed by atoms with Crippen LogP contribution in [0.2, 0.25) is 0 Å². The van der Waals surface area contributed by atoms with Crippen LogP contribution in [-0.4, -0.2) is 62.7 Å². The highest BCUT2D eigenvalue weighted by atomic mass is 19.1. The van der Waals surface area contributed by atoms with E-state index in [1.807, 2.05) is 35.0 Å². The third kappa shape index (κ3) is 5.85. The molecule has 2 atom stereocenters. The molecular formula is C24H28FN3O4. The van der Waals surface area contributed by atoms with Gasteiger partial charge < -0.3 is 24.3 Å². The van der Waals surface area contributed by atoms with Crippen LogP contribution in [0, 0.1) is 5.82 Å². The van der Waals surface area contributed by atoms with Gasteiger partial charge in [-0.15, -0.1) is 0 Å². The minimum Gasteiger partial charge on any atom is -0.492 e. The highest BCUT2D eigenvalue weighted by Gasteiger charge is 2.42. The summed E-state index contributed by atoms with van der Waals surface area (Å²) in [5, 5.41) is 21.5. The Kier molecular flexibility index (Phi) is 7.04. The number of hydrogen-bond donors (Lipinski definition) is 2. The van der Waals surface area contributed by atoms with Gasteiger partial charge in [0.15, 0.2) is 0 Å². The Hall–Kier alpha value is -2.94. The Morgan fingerprint density at radius 2 is 1.97 bits per heavy atom. The molecule has 0 bridgehead atoms. The van der Waals surface area contributed by atoms with Gasteiger partial charge in [0.25, 0.3) is 0 Å². The molecule has 0 saturated carbocycles. The molecule has 1 aliphatic heterocycles. The first-order valence-corrected chi connectivity index (χ1v) is 10.7. The van der Waals surface area contributed by atoms with Gasteiger partial charge in [0.1, 0.15) is 36.1 Å². The van der Waals surface area contributed by atoms with Crippen molar-refractivity contribution in [2.75, 3.05) is 26.3 Å². The molecule has 0 spiro atoms. The Bertz CT molecular complexity index is 983. The SMILES string of the molecule is O[C@H]1CCN(Cc2cccc(OCCn3ccnc3)c2)C[C@]1(O)COc1ccc(F)cc1. The molecule has 170 valence electrons. The van der Waals surface area contributed by atoms with Crippen LogP contribution in [0.4, 0.5) is 4.39 Å². The van der Waals surface area contributed by atoms with E-state index in [0.29, 0.717) is 31.9 Å². The van der Waals surface area contributed by atoms with Crippen LogP contribution in [-0.2, 0) is 13.1 Å². The van der Waals surface area contributed by atoms with E-state index < -0.39 is 11.7 Å². The van der Waals surface area contributed by atoms with Gasteiger partial charge in [-0.2, -0.15) is 0 Å². The maximum Gasteiger partial charge on any atom is 0.137 e. The third-order valence-electron chi connectivity index (χ3n) is 5.62. The number of piperidine rings is 1. The average Bonchev–Trinajstić information content (AvgIpc) is 3.30. The maximum absolute atomic E-state index is 13.1. The molecule has 1 saturated heterocycles. The number of aliphatic hydroxyl groups excluding tert-OH is 1. The topological polar surface area (TPSA) is 80.0 Å². The quantitative estimate of drug-likeness (QED) is 0.531. The standard InChI is InChI=1S/C24H28FN3O4/c25-20-4-6-21(7-5-20)32-17-24(30)16-28(10-8-23(24)29)15-19-2-1-3-22(14-19)31-13-12-27-11-9-26-18-27/h1-7,9,11,14,18,23,29-30H,8,10,12-13,15-17H2/t23-,24-/m0/s1. The van der Waals surface area contributed by atoms with E-state index in [9.17, 15) is 14.6 Å². The van der Waals surface area contributed by atoms with Crippen molar-refractivity contribution < 1.29 is 24.1 Å². The number of ether oxygens (including phenoxy) is 2. The summed E-state index contributed by atoms with van der Waals surface area (Å²) in [7, 11) is 0. The number of likely N-dealkylation sites (tertiary alicyclic amines) is 1. The first kappa shape index (κ1) is 22.3. The molecule has 3 aromatic rings. The van der Waals surface area contributed by atoms with E-state index in [1.165, 1.54) is 24.3 Å². The molecule has 1 aromatic heterocycles. The number of halogens is 1. The van der Waals surface area contributed by atoms with Crippen LogP contribution < -0.4 is 9.47 Å². The Morgan fingerprint density at radius 3 is 2.75 bits per heavy atom. The van der Waals surface area contributed by atoms with Crippen molar-refractivity contribution in [3.8, 4) is 11.5 Å². The maximum atomic E-state index is 13.1. The summed E-state index contributed by atoms with van der Waals surface area (Å²) in [5.41, 5.74) is -0.353. The summed E-state index contributed by atoms with van der Waals surface area (Å²) in [6.45, 7) is 2.72. The fraction of sp³-hybridized carbons (Fsp3) is 0.375. The van der Waals surface area contributed by atoms with Gasteiger partial charge in [0.05, 0.1) is 19.0 Å². The van der Waals surface area contributed by atoms with Crippen LogP contribution >= 0.6 is 0 Å². The van der Waals surface area contributed by atoms with E-state index >= 15 is 0 Å². The molecule has 0 unspecified atom stereocenters. The van der Waals surface area contributed by atoms with Crippen molar-refractivity contribution in [1.82, 2.24) is 14.5 Å². The van der Waals surface area contributed by atoms with Gasteiger partial charge in [-0.3, -0.25) is 4.90 Å². The predicted molar refractivity (Wildman–Crippen MR) is 117 cm³/mol. The number of benzene rings is 2. The van der Waals surface area contributed by atoms with Crippen LogP contribution in [0.3, 0.4) is 0 Å². The number of nitrogens with zero attached hydrogens (tertiary/aromatic N) is 3. The Labute approximate surface area is 186 Å². The summed E-state index contributed by atoms with van der Waals surface area (Å²) in [5.74, 6) is 0.882. The van der Waals surface area contributed by atoms with E-state index in [-0.39, 0.29) is 19.0 Å². The molecule has 4 rings (SSSR count). The zero-order valence-corrected chi connectivity index (χ0v) is 17.8. The normalized spacial score (nSPS) is 21.4. The molecule has 1 aliphatic rings. The first-order valence-electron chi connectivity index (χ1n) is 10.7. The molecule has 7 nitrogen and oxygen atoms in total. The number of aromatic nitrogens is 2. The lowest BCUT2D eigenvalue weighted by Crippen LogP contribution is -2.59. The second-order valence-electron chi connectivity index (χ2n) is 8.16. The summed E-state index contributed by atoms with van der Waals surface area (Å²) in [4.78, 5) is 6.11. The largest absolute Gasteiger partial charge is 0.492 e. The van der Waals surface area contributed by atoms with Crippen molar-refractivity contribution in [2.24, 2.45) is 0 Å². The molecule has 0 amide bonds. The molecule has 2 N–H and O–H groups in total. The smallest absolute Gasteiger partial charge is 0.137 e. The van der Waals surface area contributed by atoms with Crippen molar-refractivity contribution >= 4 is 0 Å². The number of aliphatic hydroxyl groups is 2. The van der Waals surface area contributed by atoms with Gasteiger partial charge in [0, 0.05) is 32.0 Å². The van der Waals surface area contributed by atoms with Crippen molar-refractivity contribution in [3.05, 3.63) is 78.6 Å². The summed E-state index contributed by atoms with van der Waals surface area (Å²) < 4.78 is 26.5. The lowest BCUT2D eigenvalue weighted by Gasteiger charge is -2.42. The van der Waals surface area contributed by atoms with Gasteiger partial charge >= 0.3 is 0 Å². The predicted octanol–water partition coefficient (Wildman–Crippen LogP) is 2.48. The Morgan fingerprint density at radius 1 is 1.12 bits per heavy atom. The fourth-order valence-corrected chi connectivity index (χ4v) is 3.84. The molecule has 8 heteroatoms. The highest BCUT2D eigenvalue weighted by Crippen LogP contribution is 2.26. The fourth-order valence-electron chi connectivity index (χ4n) is 3.84. The average molecular weight is 442 g/mol. The first-order chi connectivity index (χ1) is 15.5. The van der Waals surface area contributed by atoms with Crippen LogP contribution in [0.15, 0.2) is 67.3 Å². The summed E-state index contributed by atoms with van der Waals surface area (Å²) >= 11 is 0. The van der Waals surface area contributed by atoms with Crippen LogP contribution in [0.25, 0.3) is 0 Å². The van der Waals surface area contributed by atoms with Crippen LogP contribution in [0.1, 0.15) is 12.0 Å². The zero-order chi connectivity index (χ0) is 22.4. The van der Waals surface area contributed by atoms with Gasteiger partial charge in [-0.05, 0) is 48.4 Å². The number of rotatable bonds is 9. The number of hydrogen-bond acceptors (Lipinski definition) is 6. The number of β-amino-alcohol motifs (C(OH)–C–C–N with tert-alkyl or cyclic N) is 1. The van der Waals surface area contributed by atoms with E-state index in [0.717, 1.165) is 17.9 Å². The lowest BCUT2D eigenvalue weighted by molar-refractivity contribution is -0.140. The van der Waals surface area contributed by atoms with Crippen LogP contribution in [0.5, 0.6) is 11.5 Å². The van der Waals surface area contributed by atoms with E-state index in [1.54, 1.807) is 12.5 Å². The van der Waals surface area contributed by atoms with Gasteiger partial charge in [-0.1, -0.05) is 12.1 Å². The molecule has 1 fully saturated rings. The highest BCUT2D eigenvalue weighted by molar-refractivity contribution is 5.28. The van der Waals surface area contributed by atoms with Crippen molar-refractivity contribution in [2.45, 2.75) is 31.2 Å². The van der Waals surface area contributed by atoms with Gasteiger partial charge in [0.2, 0.25) is 0 Å². The molecule has 0 radical (unpaired) electrons. The monoisotopic (exact) mass is 441 g/mol. The second-order valence-corrected chi connectivity index (χ2v) is 8.16. The summed E-state index contributed by atoms with van der Waals surface area (Å²) in [6, 6.07) is 13.5. The molecular weight excluding hydrogens is 413 g/mol. The molecule has 2 heterocycles. The zero-order valence-electron chi connectivity index (χ0n) is 17.8. The second kappa shape index (κ2) is 10.1. The number of imidazole rings is 1. The Balaban J connectivity index is 1.32. The lowest BCUT2D eigenvalue weighted by atomic mass is 9.90. The molecule has 32 heavy (non-hydrogen) atoms.